The number of hydrogen-bond donors (Lipinski definition) is 0. The summed E-state index contributed by atoms with van der Waals surface area (Å²) in [7, 11) is 0. The van der Waals surface area contributed by atoms with E-state index < -0.39 is 0 Å². The first-order valence-electron chi connectivity index (χ1n) is 13.6. The Hall–Kier alpha value is -4.10. The van der Waals surface area contributed by atoms with Gasteiger partial charge < -0.3 is 4.90 Å². The van der Waals surface area contributed by atoms with Crippen LogP contribution in [0, 0.1) is 6.92 Å². The van der Waals surface area contributed by atoms with Crippen LogP contribution in [0.4, 0.5) is 17.1 Å². The highest BCUT2D eigenvalue weighted by Gasteiger charge is 2.39. The van der Waals surface area contributed by atoms with E-state index in [1.54, 1.807) is 0 Å². The Labute approximate surface area is 226 Å². The number of nitrogens with zero attached hydrogens (tertiary/aromatic N) is 1. The SMILES string of the molecule is Cc1ccc(-c2ccc3c(c2)C(C)(C)c2ccccc2N3c2ccc3c(c2)C(C)(C)c2ccccc2-3)cc1. The molecule has 2 aliphatic rings. The fraction of sp³-hybridized carbons (Fsp3) is 0.189. The second-order valence-electron chi connectivity index (χ2n) is 12.0. The molecule has 5 aromatic rings. The largest absolute Gasteiger partial charge is 0.310 e. The molecule has 0 unspecified atom stereocenters. The normalized spacial score (nSPS) is 15.9. The Bertz CT molecular complexity index is 1720. The van der Waals surface area contributed by atoms with Crippen molar-refractivity contribution in [2.24, 2.45) is 0 Å². The van der Waals surface area contributed by atoms with E-state index in [0.717, 1.165) is 0 Å². The molecular weight excluding hydrogens is 458 g/mol. The third kappa shape index (κ3) is 3.18. The Balaban J connectivity index is 1.44. The van der Waals surface area contributed by atoms with Gasteiger partial charge in [0.05, 0.1) is 11.4 Å². The predicted molar refractivity (Wildman–Crippen MR) is 161 cm³/mol. The number of hydrogen-bond acceptors (Lipinski definition) is 1. The molecule has 186 valence electrons. The van der Waals surface area contributed by atoms with Crippen LogP contribution >= 0.6 is 0 Å². The Morgan fingerprint density at radius 3 is 1.87 bits per heavy atom. The number of aryl methyl sites for hydroxylation is 1. The first-order valence-corrected chi connectivity index (χ1v) is 13.6. The molecule has 0 bridgehead atoms. The summed E-state index contributed by atoms with van der Waals surface area (Å²) in [4.78, 5) is 2.48. The molecule has 1 heteroatoms. The lowest BCUT2D eigenvalue weighted by atomic mass is 9.72. The summed E-state index contributed by atoms with van der Waals surface area (Å²) < 4.78 is 0. The minimum atomic E-state index is -0.116. The zero-order valence-electron chi connectivity index (χ0n) is 22.8. The predicted octanol–water partition coefficient (Wildman–Crippen LogP) is 10.1. The molecule has 7 rings (SSSR count). The van der Waals surface area contributed by atoms with Gasteiger partial charge in [-0.25, -0.2) is 0 Å². The number of anilines is 3. The molecule has 1 aliphatic carbocycles. The minimum absolute atomic E-state index is 0.0331. The molecule has 1 heterocycles. The Kier molecular flexibility index (Phi) is 4.82. The van der Waals surface area contributed by atoms with Gasteiger partial charge in [0.15, 0.2) is 0 Å². The van der Waals surface area contributed by atoms with E-state index in [1.165, 1.54) is 67.1 Å². The maximum Gasteiger partial charge on any atom is 0.0503 e. The van der Waals surface area contributed by atoms with E-state index in [-0.39, 0.29) is 10.8 Å². The summed E-state index contributed by atoms with van der Waals surface area (Å²) in [6.07, 6.45) is 0. The summed E-state index contributed by atoms with van der Waals surface area (Å²) in [5.74, 6) is 0. The van der Waals surface area contributed by atoms with Crippen molar-refractivity contribution in [2.45, 2.75) is 45.4 Å². The quantitative estimate of drug-likeness (QED) is 0.237. The van der Waals surface area contributed by atoms with Crippen molar-refractivity contribution in [3.8, 4) is 22.3 Å². The molecule has 0 spiro atoms. The smallest absolute Gasteiger partial charge is 0.0503 e. The lowest BCUT2D eigenvalue weighted by Gasteiger charge is -2.42. The zero-order valence-corrected chi connectivity index (χ0v) is 22.8. The summed E-state index contributed by atoms with van der Waals surface area (Å²) >= 11 is 0. The molecule has 0 radical (unpaired) electrons. The van der Waals surface area contributed by atoms with Gasteiger partial charge in [-0.2, -0.15) is 0 Å². The zero-order chi connectivity index (χ0) is 26.2. The van der Waals surface area contributed by atoms with E-state index in [1.807, 2.05) is 0 Å². The fourth-order valence-electron chi connectivity index (χ4n) is 6.74. The highest BCUT2D eigenvalue weighted by molar-refractivity contribution is 5.90. The average molecular weight is 492 g/mol. The van der Waals surface area contributed by atoms with E-state index >= 15 is 0 Å². The molecule has 38 heavy (non-hydrogen) atoms. The monoisotopic (exact) mass is 491 g/mol. The van der Waals surface area contributed by atoms with Gasteiger partial charge in [-0.3, -0.25) is 0 Å². The van der Waals surface area contributed by atoms with E-state index in [2.05, 4.69) is 149 Å². The van der Waals surface area contributed by atoms with Gasteiger partial charge in [-0.1, -0.05) is 112 Å². The molecule has 0 saturated heterocycles. The second kappa shape index (κ2) is 7.95. The molecule has 0 N–H and O–H groups in total. The third-order valence-corrected chi connectivity index (χ3v) is 8.94. The van der Waals surface area contributed by atoms with Crippen LogP contribution in [0.2, 0.25) is 0 Å². The van der Waals surface area contributed by atoms with Crippen LogP contribution in [-0.2, 0) is 10.8 Å². The summed E-state index contributed by atoms with van der Waals surface area (Å²) in [6, 6.07) is 40.8. The maximum absolute atomic E-state index is 2.48. The lowest BCUT2D eigenvalue weighted by molar-refractivity contribution is 0.631. The Morgan fingerprint density at radius 2 is 1.08 bits per heavy atom. The standard InChI is InChI=1S/C37H33N/c1-24-14-16-25(17-15-24)26-18-21-35-33(22-26)37(4,5)31-12-8-9-13-34(31)38(35)27-19-20-29-28-10-6-7-11-30(28)36(2,3)32(29)23-27/h6-23H,1-5H3. The molecule has 0 aromatic heterocycles. The van der Waals surface area contributed by atoms with Gasteiger partial charge in [0, 0.05) is 16.5 Å². The Morgan fingerprint density at radius 1 is 0.474 bits per heavy atom. The molecule has 0 fully saturated rings. The topological polar surface area (TPSA) is 3.24 Å². The van der Waals surface area contributed by atoms with Crippen molar-refractivity contribution >= 4 is 17.1 Å². The lowest BCUT2D eigenvalue weighted by Crippen LogP contribution is -2.30. The molecule has 1 aliphatic heterocycles. The first-order chi connectivity index (χ1) is 18.3. The molecule has 1 nitrogen and oxygen atoms in total. The van der Waals surface area contributed by atoms with Crippen LogP contribution in [0.15, 0.2) is 109 Å². The molecule has 0 atom stereocenters. The first kappa shape index (κ1) is 23.0. The molecular formula is C37H33N. The van der Waals surface area contributed by atoms with Crippen LogP contribution in [-0.4, -0.2) is 0 Å². The summed E-state index contributed by atoms with van der Waals surface area (Å²) in [5.41, 5.74) is 15.7. The van der Waals surface area contributed by atoms with Crippen LogP contribution in [0.1, 0.15) is 55.5 Å². The fourth-order valence-corrected chi connectivity index (χ4v) is 6.74. The maximum atomic E-state index is 2.48. The number of para-hydroxylation sites is 1. The number of benzene rings is 5. The molecule has 0 amide bonds. The highest BCUT2D eigenvalue weighted by atomic mass is 15.2. The van der Waals surface area contributed by atoms with Gasteiger partial charge in [0.25, 0.3) is 0 Å². The van der Waals surface area contributed by atoms with Crippen LogP contribution in [0.25, 0.3) is 22.3 Å². The van der Waals surface area contributed by atoms with Crippen molar-refractivity contribution in [3.05, 3.63) is 137 Å². The van der Waals surface area contributed by atoms with Crippen LogP contribution < -0.4 is 4.90 Å². The van der Waals surface area contributed by atoms with Crippen molar-refractivity contribution in [1.29, 1.82) is 0 Å². The number of rotatable bonds is 2. The van der Waals surface area contributed by atoms with Gasteiger partial charge in [0.1, 0.15) is 0 Å². The third-order valence-electron chi connectivity index (χ3n) is 8.94. The number of fused-ring (bicyclic) bond motifs is 5. The van der Waals surface area contributed by atoms with Crippen LogP contribution in [0.3, 0.4) is 0 Å². The van der Waals surface area contributed by atoms with Gasteiger partial charge in [-0.05, 0) is 81.8 Å². The average Bonchev–Trinajstić information content (AvgIpc) is 3.16. The van der Waals surface area contributed by atoms with Crippen molar-refractivity contribution in [3.63, 3.8) is 0 Å². The molecule has 0 saturated carbocycles. The van der Waals surface area contributed by atoms with Crippen molar-refractivity contribution in [2.75, 3.05) is 4.90 Å². The van der Waals surface area contributed by atoms with Crippen molar-refractivity contribution in [1.82, 2.24) is 0 Å². The second-order valence-corrected chi connectivity index (χ2v) is 12.0. The van der Waals surface area contributed by atoms with Crippen molar-refractivity contribution < 1.29 is 0 Å². The van der Waals surface area contributed by atoms with Gasteiger partial charge >= 0.3 is 0 Å². The van der Waals surface area contributed by atoms with Gasteiger partial charge in [-0.15, -0.1) is 0 Å². The highest BCUT2D eigenvalue weighted by Crippen LogP contribution is 2.55. The summed E-state index contributed by atoms with van der Waals surface area (Å²) in [6.45, 7) is 11.6. The summed E-state index contributed by atoms with van der Waals surface area (Å²) in [5, 5.41) is 0. The van der Waals surface area contributed by atoms with Crippen LogP contribution in [0.5, 0.6) is 0 Å². The minimum Gasteiger partial charge on any atom is -0.310 e. The van der Waals surface area contributed by atoms with E-state index in [0.29, 0.717) is 0 Å². The van der Waals surface area contributed by atoms with Gasteiger partial charge in [0.2, 0.25) is 0 Å². The van der Waals surface area contributed by atoms with E-state index in [4.69, 9.17) is 0 Å². The molecule has 5 aromatic carbocycles. The van der Waals surface area contributed by atoms with E-state index in [9.17, 15) is 0 Å².